The fourth-order valence-electron chi connectivity index (χ4n) is 1.48. The maximum atomic E-state index is 11.3. The van der Waals surface area contributed by atoms with Crippen LogP contribution in [0.5, 0.6) is 0 Å². The molecule has 0 spiro atoms. The van der Waals surface area contributed by atoms with Crippen molar-refractivity contribution in [2.75, 3.05) is 4.31 Å². The lowest BCUT2D eigenvalue weighted by atomic mass is 10.2. The number of carbonyl (C=O) groups excluding carboxylic acids is 1. The highest BCUT2D eigenvalue weighted by atomic mass is 32.2. The van der Waals surface area contributed by atoms with Gasteiger partial charge in [0, 0.05) is 0 Å². The number of rotatable bonds is 1. The monoisotopic (exact) mass is 213 g/mol. The molecule has 1 amide bonds. The van der Waals surface area contributed by atoms with E-state index in [2.05, 4.69) is 0 Å². The molecule has 6 heteroatoms. The molecule has 1 aliphatic rings. The zero-order valence-electron chi connectivity index (χ0n) is 7.04. The molecular formula is C8H7NO4S. The molecular weight excluding hydrogens is 206 g/mol. The first-order valence-electron chi connectivity index (χ1n) is 3.88. The largest absolute Gasteiger partial charge is 0.366 e. The summed E-state index contributed by atoms with van der Waals surface area (Å²) < 4.78 is 31.0. The number of hydrogen-bond donors (Lipinski definition) is 1. The molecule has 1 aliphatic heterocycles. The first-order chi connectivity index (χ1) is 6.50. The summed E-state index contributed by atoms with van der Waals surface area (Å²) in [6, 6.07) is 6.45. The van der Waals surface area contributed by atoms with E-state index in [9.17, 15) is 13.2 Å². The zero-order chi connectivity index (χ0) is 10.3. The van der Waals surface area contributed by atoms with Crippen LogP contribution < -0.4 is 4.31 Å². The smallest absolute Gasteiger partial charge is 0.273 e. The number of hydrogen-bond acceptors (Lipinski definition) is 3. The number of carbonyl (C=O) groups is 1. The lowest BCUT2D eigenvalue weighted by Crippen LogP contribution is -2.32. The van der Waals surface area contributed by atoms with Crippen molar-refractivity contribution < 1.29 is 17.8 Å². The Morgan fingerprint density at radius 3 is 2.57 bits per heavy atom. The lowest BCUT2D eigenvalue weighted by molar-refractivity contribution is -0.116. The van der Waals surface area contributed by atoms with Crippen molar-refractivity contribution in [3.8, 4) is 0 Å². The molecule has 0 radical (unpaired) electrons. The normalized spacial score (nSPS) is 15.8. The fourth-order valence-corrected chi connectivity index (χ4v) is 2.23. The SMILES string of the molecule is O=C1Cc2ccccc2N1S(=O)(=O)O. The fraction of sp³-hybridized carbons (Fsp3) is 0.125. The lowest BCUT2D eigenvalue weighted by Gasteiger charge is -2.11. The van der Waals surface area contributed by atoms with Gasteiger partial charge in [0.2, 0.25) is 5.91 Å². The molecule has 2 rings (SSSR count). The van der Waals surface area contributed by atoms with Gasteiger partial charge in [-0.1, -0.05) is 18.2 Å². The van der Waals surface area contributed by atoms with E-state index in [0.717, 1.165) is 0 Å². The average Bonchev–Trinajstić information content (AvgIpc) is 2.38. The Balaban J connectivity index is 2.61. The molecule has 0 unspecified atom stereocenters. The number of anilines is 1. The summed E-state index contributed by atoms with van der Waals surface area (Å²) in [4.78, 5) is 11.3. The van der Waals surface area contributed by atoms with Crippen molar-refractivity contribution in [3.63, 3.8) is 0 Å². The minimum atomic E-state index is -4.48. The predicted molar refractivity (Wildman–Crippen MR) is 49.2 cm³/mol. The first kappa shape index (κ1) is 9.17. The molecule has 1 N–H and O–H groups in total. The quantitative estimate of drug-likeness (QED) is 0.684. The Morgan fingerprint density at radius 1 is 1.29 bits per heavy atom. The van der Waals surface area contributed by atoms with Crippen molar-refractivity contribution in [2.24, 2.45) is 0 Å². The third-order valence-corrected chi connectivity index (χ3v) is 2.87. The number of para-hydroxylation sites is 1. The number of benzene rings is 1. The Hall–Kier alpha value is -1.40. The average molecular weight is 213 g/mol. The molecule has 0 fully saturated rings. The second-order valence-corrected chi connectivity index (χ2v) is 4.20. The van der Waals surface area contributed by atoms with Crippen LogP contribution in [-0.2, 0) is 21.5 Å². The standard InChI is InChI=1S/C8H7NO4S/c10-8-5-6-3-1-2-4-7(6)9(8)14(11,12)13/h1-4H,5H2,(H,11,12,13). The Kier molecular flexibility index (Phi) is 1.83. The van der Waals surface area contributed by atoms with Gasteiger partial charge in [0.15, 0.2) is 0 Å². The highest BCUT2D eigenvalue weighted by Gasteiger charge is 2.34. The van der Waals surface area contributed by atoms with Gasteiger partial charge in [0.25, 0.3) is 0 Å². The Morgan fingerprint density at radius 2 is 1.93 bits per heavy atom. The molecule has 0 atom stereocenters. The molecule has 0 saturated carbocycles. The summed E-state index contributed by atoms with van der Waals surface area (Å²) >= 11 is 0. The third kappa shape index (κ3) is 1.28. The Bertz CT molecular complexity index is 494. The second kappa shape index (κ2) is 2.79. The van der Waals surface area contributed by atoms with Crippen LogP contribution in [0.15, 0.2) is 24.3 Å². The van der Waals surface area contributed by atoms with Crippen molar-refractivity contribution in [2.45, 2.75) is 6.42 Å². The molecule has 0 saturated heterocycles. The maximum absolute atomic E-state index is 11.3. The summed E-state index contributed by atoms with van der Waals surface area (Å²) in [5.74, 6) is -0.631. The van der Waals surface area contributed by atoms with Crippen molar-refractivity contribution in [1.82, 2.24) is 0 Å². The topological polar surface area (TPSA) is 74.7 Å². The van der Waals surface area contributed by atoms with Gasteiger partial charge in [-0.05, 0) is 11.6 Å². The van der Waals surface area contributed by atoms with Gasteiger partial charge in [-0.25, -0.2) is 0 Å². The van der Waals surface area contributed by atoms with Crippen molar-refractivity contribution >= 4 is 21.9 Å². The molecule has 74 valence electrons. The molecule has 1 aromatic carbocycles. The summed E-state index contributed by atoms with van der Waals surface area (Å²) in [6.07, 6.45) is 0.00988. The van der Waals surface area contributed by atoms with E-state index in [1.807, 2.05) is 0 Å². The second-order valence-electron chi connectivity index (χ2n) is 2.94. The Labute approximate surface area is 80.8 Å². The van der Waals surface area contributed by atoms with Gasteiger partial charge < -0.3 is 0 Å². The molecule has 0 aliphatic carbocycles. The van der Waals surface area contributed by atoms with Crippen LogP contribution in [0.3, 0.4) is 0 Å². The van der Waals surface area contributed by atoms with Crippen LogP contribution in [0.2, 0.25) is 0 Å². The minimum absolute atomic E-state index is 0.00988. The molecule has 1 aromatic rings. The number of fused-ring (bicyclic) bond motifs is 1. The molecule has 1 heterocycles. The van der Waals surface area contributed by atoms with Crippen molar-refractivity contribution in [3.05, 3.63) is 29.8 Å². The molecule has 0 bridgehead atoms. The van der Waals surface area contributed by atoms with Crippen LogP contribution in [-0.4, -0.2) is 18.9 Å². The summed E-state index contributed by atoms with van der Waals surface area (Å²) in [6.45, 7) is 0. The van der Waals surface area contributed by atoms with Gasteiger partial charge in [-0.2, -0.15) is 12.7 Å². The van der Waals surface area contributed by atoms with Gasteiger partial charge in [0.05, 0.1) is 12.1 Å². The number of nitrogens with zero attached hydrogens (tertiary/aromatic N) is 1. The van der Waals surface area contributed by atoms with E-state index < -0.39 is 16.2 Å². The van der Waals surface area contributed by atoms with E-state index in [1.54, 1.807) is 18.2 Å². The van der Waals surface area contributed by atoms with Gasteiger partial charge in [0.1, 0.15) is 0 Å². The first-order valence-corrected chi connectivity index (χ1v) is 5.28. The van der Waals surface area contributed by atoms with Gasteiger partial charge in [-0.3, -0.25) is 9.35 Å². The van der Waals surface area contributed by atoms with Crippen LogP contribution in [0.25, 0.3) is 0 Å². The maximum Gasteiger partial charge on any atom is 0.366 e. The molecule has 0 aromatic heterocycles. The third-order valence-electron chi connectivity index (χ3n) is 2.01. The minimum Gasteiger partial charge on any atom is -0.273 e. The summed E-state index contributed by atoms with van der Waals surface area (Å²) in [5, 5.41) is 0. The van der Waals surface area contributed by atoms with E-state index in [1.165, 1.54) is 6.07 Å². The molecule has 14 heavy (non-hydrogen) atoms. The van der Waals surface area contributed by atoms with Crippen LogP contribution in [0.4, 0.5) is 5.69 Å². The van der Waals surface area contributed by atoms with Crippen LogP contribution in [0, 0.1) is 0 Å². The van der Waals surface area contributed by atoms with Crippen LogP contribution >= 0.6 is 0 Å². The van der Waals surface area contributed by atoms with Gasteiger partial charge in [-0.15, -0.1) is 0 Å². The zero-order valence-corrected chi connectivity index (χ0v) is 7.86. The molecule has 5 nitrogen and oxygen atoms in total. The predicted octanol–water partition coefficient (Wildman–Crippen LogP) is 0.379. The summed E-state index contributed by atoms with van der Waals surface area (Å²) in [7, 11) is -4.48. The van der Waals surface area contributed by atoms with E-state index >= 15 is 0 Å². The van der Waals surface area contributed by atoms with Crippen molar-refractivity contribution in [1.29, 1.82) is 0 Å². The summed E-state index contributed by atoms with van der Waals surface area (Å²) in [5.41, 5.74) is 0.843. The number of amides is 1. The van der Waals surface area contributed by atoms with Crippen LogP contribution in [0.1, 0.15) is 5.56 Å². The van der Waals surface area contributed by atoms with E-state index in [-0.39, 0.29) is 12.1 Å². The van der Waals surface area contributed by atoms with E-state index in [4.69, 9.17) is 4.55 Å². The highest BCUT2D eigenvalue weighted by molar-refractivity contribution is 7.88. The van der Waals surface area contributed by atoms with Gasteiger partial charge >= 0.3 is 10.3 Å². The van der Waals surface area contributed by atoms with E-state index in [0.29, 0.717) is 9.87 Å². The highest BCUT2D eigenvalue weighted by Crippen LogP contribution is 2.29.